The lowest BCUT2D eigenvalue weighted by molar-refractivity contribution is 0.0675. The van der Waals surface area contributed by atoms with Gasteiger partial charge in [-0.25, -0.2) is 9.48 Å². The normalized spacial score (nSPS) is 24.8. The molecule has 0 bridgehead atoms. The Morgan fingerprint density at radius 2 is 2.12 bits per heavy atom. The number of nitrogens with two attached hydrogens (primary N) is 1. The average Bonchev–Trinajstić information content (AvgIpc) is 2.73. The Hall–Kier alpha value is -1.43. The van der Waals surface area contributed by atoms with Crippen LogP contribution in [0.2, 0.25) is 0 Å². The van der Waals surface area contributed by atoms with E-state index in [2.05, 4.69) is 17.2 Å². The minimum Gasteiger partial charge on any atom is -0.476 e. The number of carboxylic acid groups (broad SMARTS) is 1. The van der Waals surface area contributed by atoms with Gasteiger partial charge in [-0.15, -0.1) is 5.10 Å². The van der Waals surface area contributed by atoms with Gasteiger partial charge in [-0.1, -0.05) is 12.1 Å². The summed E-state index contributed by atoms with van der Waals surface area (Å²) in [6, 6.07) is 0.157. The van der Waals surface area contributed by atoms with Crippen LogP contribution in [0, 0.1) is 5.92 Å². The van der Waals surface area contributed by atoms with E-state index in [1.165, 1.54) is 0 Å². The molecule has 0 aliphatic heterocycles. The van der Waals surface area contributed by atoms with Gasteiger partial charge in [-0.3, -0.25) is 0 Å². The average molecular weight is 238 g/mol. The molecule has 0 unspecified atom stereocenters. The molecular weight excluding hydrogens is 220 g/mol. The number of rotatable bonds is 3. The Morgan fingerprint density at radius 3 is 2.65 bits per heavy atom. The molecule has 1 heterocycles. The van der Waals surface area contributed by atoms with Gasteiger partial charge in [0.2, 0.25) is 0 Å². The zero-order valence-corrected chi connectivity index (χ0v) is 9.96. The van der Waals surface area contributed by atoms with E-state index in [1.807, 2.05) is 0 Å². The summed E-state index contributed by atoms with van der Waals surface area (Å²) in [5.41, 5.74) is 6.00. The van der Waals surface area contributed by atoms with Crippen LogP contribution in [0.5, 0.6) is 0 Å². The van der Waals surface area contributed by atoms with Crippen molar-refractivity contribution in [2.24, 2.45) is 11.7 Å². The third-order valence-corrected chi connectivity index (χ3v) is 3.49. The lowest BCUT2D eigenvalue weighted by atomic mass is 9.87. The van der Waals surface area contributed by atoms with Crippen molar-refractivity contribution >= 4 is 5.97 Å². The Balaban J connectivity index is 2.26. The standard InChI is InChI=1S/C11H18N4O2/c1-7-2-4-8(5-3-7)15-10(11(16)17)9(6-12)13-14-15/h7-8H,2-6,12H2,1H3,(H,16,17). The largest absolute Gasteiger partial charge is 0.476 e. The predicted octanol–water partition coefficient (Wildman–Crippen LogP) is 1.19. The van der Waals surface area contributed by atoms with Crippen molar-refractivity contribution in [3.63, 3.8) is 0 Å². The second-order valence-electron chi connectivity index (χ2n) is 4.75. The molecule has 2 rings (SSSR count). The van der Waals surface area contributed by atoms with Crippen LogP contribution in [0.1, 0.15) is 54.8 Å². The summed E-state index contributed by atoms with van der Waals surface area (Å²) in [6.45, 7) is 2.34. The molecule has 1 fully saturated rings. The first kappa shape index (κ1) is 12.0. The van der Waals surface area contributed by atoms with E-state index in [1.54, 1.807) is 4.68 Å². The summed E-state index contributed by atoms with van der Waals surface area (Å²) in [6.07, 6.45) is 4.16. The Morgan fingerprint density at radius 1 is 1.47 bits per heavy atom. The molecule has 6 heteroatoms. The Kier molecular flexibility index (Phi) is 3.42. The van der Waals surface area contributed by atoms with E-state index in [4.69, 9.17) is 5.73 Å². The molecule has 1 aromatic rings. The highest BCUT2D eigenvalue weighted by Gasteiger charge is 2.27. The first-order valence-electron chi connectivity index (χ1n) is 6.01. The molecule has 3 N–H and O–H groups in total. The number of nitrogens with zero attached hydrogens (tertiary/aromatic N) is 3. The summed E-state index contributed by atoms with van der Waals surface area (Å²) in [5.74, 6) is -0.272. The van der Waals surface area contributed by atoms with Gasteiger partial charge in [-0.05, 0) is 31.6 Å². The Labute approximate surface area is 99.8 Å². The third-order valence-electron chi connectivity index (χ3n) is 3.49. The van der Waals surface area contributed by atoms with Crippen molar-refractivity contribution in [1.82, 2.24) is 15.0 Å². The molecule has 0 radical (unpaired) electrons. The SMILES string of the molecule is CC1CCC(n2nnc(CN)c2C(=O)O)CC1. The number of carboxylic acids is 1. The van der Waals surface area contributed by atoms with Gasteiger partial charge in [0.25, 0.3) is 0 Å². The molecular formula is C11H18N4O2. The molecule has 1 saturated carbocycles. The number of hydrogen-bond acceptors (Lipinski definition) is 4. The summed E-state index contributed by atoms with van der Waals surface area (Å²) in [4.78, 5) is 11.2. The minimum absolute atomic E-state index is 0.116. The molecule has 17 heavy (non-hydrogen) atoms. The van der Waals surface area contributed by atoms with Gasteiger partial charge < -0.3 is 10.8 Å². The quantitative estimate of drug-likeness (QED) is 0.824. The first-order chi connectivity index (χ1) is 8.13. The summed E-state index contributed by atoms with van der Waals surface area (Å²) < 4.78 is 1.55. The van der Waals surface area contributed by atoms with Gasteiger partial charge in [0, 0.05) is 6.54 Å². The summed E-state index contributed by atoms with van der Waals surface area (Å²) >= 11 is 0. The van der Waals surface area contributed by atoms with Gasteiger partial charge >= 0.3 is 5.97 Å². The fourth-order valence-electron chi connectivity index (χ4n) is 2.43. The molecule has 0 amide bonds. The first-order valence-corrected chi connectivity index (χ1v) is 6.01. The topological polar surface area (TPSA) is 94.0 Å². The monoisotopic (exact) mass is 238 g/mol. The zero-order chi connectivity index (χ0) is 12.4. The van der Waals surface area contributed by atoms with Crippen LogP contribution in [0.4, 0.5) is 0 Å². The summed E-state index contributed by atoms with van der Waals surface area (Å²) in [5, 5.41) is 17.0. The third kappa shape index (κ3) is 2.31. The van der Waals surface area contributed by atoms with Crippen LogP contribution in [0.25, 0.3) is 0 Å². The van der Waals surface area contributed by atoms with E-state index >= 15 is 0 Å². The predicted molar refractivity (Wildman–Crippen MR) is 61.5 cm³/mol. The van der Waals surface area contributed by atoms with Gasteiger partial charge in [0.1, 0.15) is 5.69 Å². The van der Waals surface area contributed by atoms with Crippen molar-refractivity contribution in [2.75, 3.05) is 0 Å². The van der Waals surface area contributed by atoms with Crippen LogP contribution in [-0.2, 0) is 6.54 Å². The molecule has 0 spiro atoms. The van der Waals surface area contributed by atoms with Crippen LogP contribution in [0.3, 0.4) is 0 Å². The van der Waals surface area contributed by atoms with Gasteiger partial charge in [0.05, 0.1) is 6.04 Å². The number of hydrogen-bond donors (Lipinski definition) is 2. The molecule has 0 atom stereocenters. The van der Waals surface area contributed by atoms with Crippen molar-refractivity contribution in [2.45, 2.75) is 45.2 Å². The maximum Gasteiger partial charge on any atom is 0.356 e. The van der Waals surface area contributed by atoms with Gasteiger partial charge in [0.15, 0.2) is 5.69 Å². The molecule has 1 aromatic heterocycles. The minimum atomic E-state index is -0.992. The number of carbonyl (C=O) groups is 1. The molecule has 94 valence electrons. The highest BCUT2D eigenvalue weighted by atomic mass is 16.4. The number of aromatic carboxylic acids is 1. The van der Waals surface area contributed by atoms with E-state index in [0.717, 1.165) is 31.6 Å². The van der Waals surface area contributed by atoms with Crippen LogP contribution < -0.4 is 5.73 Å². The van der Waals surface area contributed by atoms with E-state index in [-0.39, 0.29) is 18.3 Å². The lowest BCUT2D eigenvalue weighted by Crippen LogP contribution is -2.22. The van der Waals surface area contributed by atoms with Crippen molar-refractivity contribution in [3.8, 4) is 0 Å². The fourth-order valence-corrected chi connectivity index (χ4v) is 2.43. The molecule has 0 aromatic carbocycles. The highest BCUT2D eigenvalue weighted by molar-refractivity contribution is 5.86. The number of aromatic nitrogens is 3. The van der Waals surface area contributed by atoms with Crippen LogP contribution in [-0.4, -0.2) is 26.1 Å². The van der Waals surface area contributed by atoms with Crippen molar-refractivity contribution in [1.29, 1.82) is 0 Å². The second-order valence-corrected chi connectivity index (χ2v) is 4.75. The van der Waals surface area contributed by atoms with Gasteiger partial charge in [-0.2, -0.15) is 0 Å². The zero-order valence-electron chi connectivity index (χ0n) is 9.96. The van der Waals surface area contributed by atoms with E-state index in [0.29, 0.717) is 5.69 Å². The van der Waals surface area contributed by atoms with E-state index in [9.17, 15) is 9.90 Å². The summed E-state index contributed by atoms with van der Waals surface area (Å²) in [7, 11) is 0. The smallest absolute Gasteiger partial charge is 0.356 e. The van der Waals surface area contributed by atoms with Crippen molar-refractivity contribution in [3.05, 3.63) is 11.4 Å². The fraction of sp³-hybridized carbons (Fsp3) is 0.727. The molecule has 1 aliphatic rings. The van der Waals surface area contributed by atoms with Crippen LogP contribution >= 0.6 is 0 Å². The highest BCUT2D eigenvalue weighted by Crippen LogP contribution is 2.32. The second kappa shape index (κ2) is 4.83. The Bertz CT molecular complexity index is 408. The lowest BCUT2D eigenvalue weighted by Gasteiger charge is -2.26. The molecule has 1 aliphatic carbocycles. The molecule has 0 saturated heterocycles. The maximum absolute atomic E-state index is 11.2. The molecule has 6 nitrogen and oxygen atoms in total. The maximum atomic E-state index is 11.2. The van der Waals surface area contributed by atoms with Crippen LogP contribution in [0.15, 0.2) is 0 Å². The van der Waals surface area contributed by atoms with E-state index < -0.39 is 5.97 Å². The van der Waals surface area contributed by atoms with Crippen molar-refractivity contribution < 1.29 is 9.90 Å².